The van der Waals surface area contributed by atoms with E-state index in [1.54, 1.807) is 0 Å². The van der Waals surface area contributed by atoms with Crippen molar-refractivity contribution in [3.63, 3.8) is 0 Å². The van der Waals surface area contributed by atoms with Crippen LogP contribution in [-0.2, 0) is 25.0 Å². The number of nitrogens with one attached hydrogen (secondary N) is 1. The van der Waals surface area contributed by atoms with E-state index in [1.807, 2.05) is 0 Å². The standard InChI is InChI=1S/C13H11Br2NO8S2/c14-5-9(15)13(18)16-10-4-8-6(2-12(10)26(22,23)24)1-7(3-11(8)17)25(19,20)21/h1-4,9,17H,5H2,(H,16,18)(H,19,20,21)(H,22,23,24). The lowest BCUT2D eigenvalue weighted by Crippen LogP contribution is -2.24. The Hall–Kier alpha value is -1.25. The van der Waals surface area contributed by atoms with E-state index in [4.69, 9.17) is 4.55 Å². The monoisotopic (exact) mass is 531 g/mol. The number of hydrogen-bond acceptors (Lipinski definition) is 6. The Bertz CT molecular complexity index is 1100. The maximum absolute atomic E-state index is 12.0. The van der Waals surface area contributed by atoms with Crippen molar-refractivity contribution in [1.29, 1.82) is 0 Å². The van der Waals surface area contributed by atoms with Crippen LogP contribution in [-0.4, -0.2) is 47.1 Å². The number of halogens is 2. The number of carbonyl (C=O) groups is 1. The number of aromatic hydroxyl groups is 1. The summed E-state index contributed by atoms with van der Waals surface area (Å²) < 4.78 is 64.3. The summed E-state index contributed by atoms with van der Waals surface area (Å²) in [5.41, 5.74) is -0.315. The van der Waals surface area contributed by atoms with Crippen LogP contribution < -0.4 is 5.32 Å². The van der Waals surface area contributed by atoms with Gasteiger partial charge in [0.1, 0.15) is 15.5 Å². The molecular formula is C13H11Br2NO8S2. The predicted octanol–water partition coefficient (Wildman–Crippen LogP) is 2.14. The third-order valence-electron chi connectivity index (χ3n) is 3.26. The highest BCUT2D eigenvalue weighted by molar-refractivity contribution is 9.12. The van der Waals surface area contributed by atoms with E-state index in [1.165, 1.54) is 0 Å². The summed E-state index contributed by atoms with van der Waals surface area (Å²) in [5, 5.41) is 12.4. The molecule has 0 aliphatic rings. The lowest BCUT2D eigenvalue weighted by molar-refractivity contribution is -0.115. The van der Waals surface area contributed by atoms with Crippen LogP contribution >= 0.6 is 31.9 Å². The van der Waals surface area contributed by atoms with E-state index in [9.17, 15) is 31.3 Å². The maximum Gasteiger partial charge on any atom is 0.296 e. The van der Waals surface area contributed by atoms with Crippen LogP contribution in [0.3, 0.4) is 0 Å². The molecule has 2 aromatic rings. The van der Waals surface area contributed by atoms with E-state index in [-0.39, 0.29) is 21.8 Å². The molecule has 1 amide bonds. The van der Waals surface area contributed by atoms with Gasteiger partial charge >= 0.3 is 0 Å². The van der Waals surface area contributed by atoms with Crippen molar-refractivity contribution in [2.45, 2.75) is 14.6 Å². The topological polar surface area (TPSA) is 158 Å². The number of carbonyl (C=O) groups excluding carboxylic acids is 1. The number of anilines is 1. The van der Waals surface area contributed by atoms with E-state index >= 15 is 0 Å². The van der Waals surface area contributed by atoms with Gasteiger partial charge in [0.05, 0.1) is 10.6 Å². The van der Waals surface area contributed by atoms with E-state index < -0.39 is 46.5 Å². The molecule has 0 bridgehead atoms. The summed E-state index contributed by atoms with van der Waals surface area (Å²) in [6.07, 6.45) is 0. The zero-order valence-electron chi connectivity index (χ0n) is 12.5. The van der Waals surface area contributed by atoms with Gasteiger partial charge in [-0.05, 0) is 23.6 Å². The number of alkyl halides is 2. The van der Waals surface area contributed by atoms with Crippen molar-refractivity contribution in [1.82, 2.24) is 0 Å². The number of hydrogen-bond donors (Lipinski definition) is 4. The Morgan fingerprint density at radius 1 is 1.08 bits per heavy atom. The van der Waals surface area contributed by atoms with Crippen molar-refractivity contribution in [3.05, 3.63) is 24.3 Å². The molecule has 2 rings (SSSR count). The molecule has 142 valence electrons. The molecule has 0 spiro atoms. The summed E-state index contributed by atoms with van der Waals surface area (Å²) >= 11 is 6.12. The van der Waals surface area contributed by atoms with Crippen LogP contribution in [0.2, 0.25) is 0 Å². The summed E-state index contributed by atoms with van der Waals surface area (Å²) in [6.45, 7) is 0. The van der Waals surface area contributed by atoms with Gasteiger partial charge in [-0.3, -0.25) is 13.9 Å². The molecule has 0 aromatic heterocycles. The molecule has 13 heteroatoms. The van der Waals surface area contributed by atoms with Crippen molar-refractivity contribution in [2.24, 2.45) is 0 Å². The second-order valence-corrected chi connectivity index (χ2v) is 9.64. The van der Waals surface area contributed by atoms with Crippen molar-refractivity contribution < 1.29 is 35.8 Å². The Morgan fingerprint density at radius 2 is 1.69 bits per heavy atom. The fourth-order valence-electron chi connectivity index (χ4n) is 2.09. The average Bonchev–Trinajstić information content (AvgIpc) is 2.51. The van der Waals surface area contributed by atoms with Crippen molar-refractivity contribution in [3.8, 4) is 5.75 Å². The highest BCUT2D eigenvalue weighted by Crippen LogP contribution is 2.35. The fraction of sp³-hybridized carbons (Fsp3) is 0.154. The minimum Gasteiger partial charge on any atom is -0.507 e. The van der Waals surface area contributed by atoms with E-state index in [0.717, 1.165) is 24.3 Å². The third-order valence-corrected chi connectivity index (χ3v) is 7.24. The molecule has 2 aromatic carbocycles. The zero-order chi connectivity index (χ0) is 19.9. The molecular weight excluding hydrogens is 522 g/mol. The molecule has 0 fully saturated rings. The average molecular weight is 533 g/mol. The summed E-state index contributed by atoms with van der Waals surface area (Å²) in [6, 6.07) is 3.61. The zero-order valence-corrected chi connectivity index (χ0v) is 17.4. The molecule has 4 N–H and O–H groups in total. The molecule has 0 saturated carbocycles. The second kappa shape index (κ2) is 7.40. The van der Waals surface area contributed by atoms with E-state index in [2.05, 4.69) is 37.2 Å². The second-order valence-electron chi connectivity index (χ2n) is 5.07. The first-order valence-electron chi connectivity index (χ1n) is 6.61. The van der Waals surface area contributed by atoms with Gasteiger partial charge < -0.3 is 10.4 Å². The number of rotatable bonds is 5. The van der Waals surface area contributed by atoms with Crippen LogP contribution in [0.1, 0.15) is 0 Å². The Morgan fingerprint density at radius 3 is 2.19 bits per heavy atom. The van der Waals surface area contributed by atoms with Gasteiger partial charge in [0.2, 0.25) is 5.91 Å². The minimum absolute atomic E-state index is 0.00920. The van der Waals surface area contributed by atoms with Crippen LogP contribution in [0.15, 0.2) is 34.1 Å². The molecule has 0 radical (unpaired) electrons. The fourth-order valence-corrected chi connectivity index (χ4v) is 3.69. The Balaban J connectivity index is 2.77. The van der Waals surface area contributed by atoms with Crippen LogP contribution in [0.4, 0.5) is 5.69 Å². The van der Waals surface area contributed by atoms with Gasteiger partial charge in [0.15, 0.2) is 0 Å². The van der Waals surface area contributed by atoms with Gasteiger partial charge in [0, 0.05) is 16.8 Å². The third kappa shape index (κ3) is 4.53. The van der Waals surface area contributed by atoms with Gasteiger partial charge in [-0.25, -0.2) is 0 Å². The number of phenolic OH excluding ortho intramolecular Hbond substituents is 1. The van der Waals surface area contributed by atoms with Crippen molar-refractivity contribution in [2.75, 3.05) is 10.6 Å². The first-order valence-corrected chi connectivity index (χ1v) is 11.5. The van der Waals surface area contributed by atoms with Crippen LogP contribution in [0, 0.1) is 0 Å². The van der Waals surface area contributed by atoms with Gasteiger partial charge in [-0.15, -0.1) is 0 Å². The predicted molar refractivity (Wildman–Crippen MR) is 100 cm³/mol. The lowest BCUT2D eigenvalue weighted by Gasteiger charge is -2.14. The molecule has 1 atom stereocenters. The molecule has 0 aliphatic heterocycles. The molecule has 9 nitrogen and oxygen atoms in total. The molecule has 0 aliphatic carbocycles. The highest BCUT2D eigenvalue weighted by atomic mass is 79.9. The van der Waals surface area contributed by atoms with Gasteiger partial charge in [-0.1, -0.05) is 31.9 Å². The van der Waals surface area contributed by atoms with Crippen LogP contribution in [0.25, 0.3) is 10.8 Å². The first kappa shape index (κ1) is 21.1. The largest absolute Gasteiger partial charge is 0.507 e. The molecule has 0 heterocycles. The quantitative estimate of drug-likeness (QED) is 0.336. The maximum atomic E-state index is 12.0. The SMILES string of the molecule is O=C(Nc1cc2c(O)cc(S(=O)(=O)O)cc2cc1S(=O)(=O)O)C(Br)CBr. The van der Waals surface area contributed by atoms with Gasteiger partial charge in [0.25, 0.3) is 20.2 Å². The first-order chi connectivity index (χ1) is 11.8. The smallest absolute Gasteiger partial charge is 0.296 e. The summed E-state index contributed by atoms with van der Waals surface area (Å²) in [5.74, 6) is -1.21. The van der Waals surface area contributed by atoms with Crippen LogP contribution in [0.5, 0.6) is 5.75 Å². The Labute approximate surface area is 165 Å². The minimum atomic E-state index is -4.80. The Kier molecular flexibility index (Phi) is 5.99. The number of fused-ring (bicyclic) bond motifs is 1. The summed E-state index contributed by atoms with van der Waals surface area (Å²) in [7, 11) is -9.46. The summed E-state index contributed by atoms with van der Waals surface area (Å²) in [4.78, 5) is 9.91. The molecule has 0 saturated heterocycles. The van der Waals surface area contributed by atoms with E-state index in [0.29, 0.717) is 0 Å². The normalized spacial score (nSPS) is 13.5. The van der Waals surface area contributed by atoms with Crippen molar-refractivity contribution >= 4 is 74.5 Å². The number of phenols is 1. The molecule has 1 unspecified atom stereocenters. The molecule has 26 heavy (non-hydrogen) atoms. The lowest BCUT2D eigenvalue weighted by atomic mass is 10.1. The van der Waals surface area contributed by atoms with Gasteiger partial charge in [-0.2, -0.15) is 16.8 Å². The number of benzene rings is 2. The number of amides is 1. The highest BCUT2D eigenvalue weighted by Gasteiger charge is 2.23.